The summed E-state index contributed by atoms with van der Waals surface area (Å²) in [5.41, 5.74) is 1.47. The SMILES string of the molecule is COCc1cccc(Oc2ccc(C(C)=O)nc2)c1. The van der Waals surface area contributed by atoms with Gasteiger partial charge in [-0.1, -0.05) is 12.1 Å². The van der Waals surface area contributed by atoms with E-state index in [4.69, 9.17) is 9.47 Å². The van der Waals surface area contributed by atoms with Crippen molar-refractivity contribution in [1.82, 2.24) is 4.98 Å². The zero-order valence-electron chi connectivity index (χ0n) is 10.9. The second-order valence-electron chi connectivity index (χ2n) is 4.12. The van der Waals surface area contributed by atoms with E-state index in [0.717, 1.165) is 5.56 Å². The highest BCUT2D eigenvalue weighted by molar-refractivity contribution is 5.92. The lowest BCUT2D eigenvalue weighted by molar-refractivity contribution is 0.101. The highest BCUT2D eigenvalue weighted by Gasteiger charge is 2.03. The Kier molecular flexibility index (Phi) is 4.26. The van der Waals surface area contributed by atoms with E-state index in [9.17, 15) is 4.79 Å². The predicted octanol–water partition coefficient (Wildman–Crippen LogP) is 3.22. The minimum Gasteiger partial charge on any atom is -0.456 e. The zero-order valence-corrected chi connectivity index (χ0v) is 10.9. The summed E-state index contributed by atoms with van der Waals surface area (Å²) >= 11 is 0. The number of pyridine rings is 1. The van der Waals surface area contributed by atoms with E-state index in [1.54, 1.807) is 25.4 Å². The number of ether oxygens (including phenoxy) is 2. The van der Waals surface area contributed by atoms with Crippen molar-refractivity contribution in [2.24, 2.45) is 0 Å². The fourth-order valence-electron chi connectivity index (χ4n) is 1.65. The van der Waals surface area contributed by atoms with Crippen LogP contribution in [0.15, 0.2) is 42.6 Å². The number of methoxy groups -OCH3 is 1. The average Bonchev–Trinajstić information content (AvgIpc) is 2.40. The number of hydrogen-bond donors (Lipinski definition) is 0. The molecule has 0 radical (unpaired) electrons. The summed E-state index contributed by atoms with van der Waals surface area (Å²) in [5, 5.41) is 0. The van der Waals surface area contributed by atoms with Gasteiger partial charge < -0.3 is 9.47 Å². The Balaban J connectivity index is 2.12. The molecule has 0 amide bonds. The molecule has 98 valence electrons. The molecule has 4 heteroatoms. The van der Waals surface area contributed by atoms with E-state index >= 15 is 0 Å². The average molecular weight is 257 g/mol. The van der Waals surface area contributed by atoms with Crippen LogP contribution >= 0.6 is 0 Å². The number of aromatic nitrogens is 1. The third-order valence-electron chi connectivity index (χ3n) is 2.54. The van der Waals surface area contributed by atoms with E-state index < -0.39 is 0 Å². The van der Waals surface area contributed by atoms with Crippen molar-refractivity contribution in [2.45, 2.75) is 13.5 Å². The van der Waals surface area contributed by atoms with Gasteiger partial charge in [-0.2, -0.15) is 0 Å². The molecule has 0 N–H and O–H groups in total. The highest BCUT2D eigenvalue weighted by Crippen LogP contribution is 2.22. The number of Topliss-reactive ketones (excluding diaryl/α,β-unsaturated/α-hetero) is 1. The number of carbonyl (C=O) groups is 1. The van der Waals surface area contributed by atoms with Crippen LogP contribution in [0.3, 0.4) is 0 Å². The lowest BCUT2D eigenvalue weighted by Gasteiger charge is -2.07. The molecule has 1 aromatic carbocycles. The first kappa shape index (κ1) is 13.2. The first-order chi connectivity index (χ1) is 9.19. The Bertz CT molecular complexity index is 564. The van der Waals surface area contributed by atoms with Crippen LogP contribution in [-0.4, -0.2) is 17.9 Å². The van der Waals surface area contributed by atoms with Gasteiger partial charge in [-0.15, -0.1) is 0 Å². The van der Waals surface area contributed by atoms with Crippen molar-refractivity contribution in [2.75, 3.05) is 7.11 Å². The van der Waals surface area contributed by atoms with Crippen molar-refractivity contribution < 1.29 is 14.3 Å². The number of carbonyl (C=O) groups excluding carboxylic acids is 1. The number of hydrogen-bond acceptors (Lipinski definition) is 4. The van der Waals surface area contributed by atoms with Crippen molar-refractivity contribution in [1.29, 1.82) is 0 Å². The maximum atomic E-state index is 11.1. The second kappa shape index (κ2) is 6.11. The van der Waals surface area contributed by atoms with Crippen LogP contribution in [0.1, 0.15) is 23.0 Å². The first-order valence-electron chi connectivity index (χ1n) is 5.92. The summed E-state index contributed by atoms with van der Waals surface area (Å²) in [7, 11) is 1.65. The molecular weight excluding hydrogens is 242 g/mol. The van der Waals surface area contributed by atoms with Crippen molar-refractivity contribution in [3.05, 3.63) is 53.9 Å². The monoisotopic (exact) mass is 257 g/mol. The van der Waals surface area contributed by atoms with Crippen LogP contribution in [0.4, 0.5) is 0 Å². The molecule has 0 bridgehead atoms. The second-order valence-corrected chi connectivity index (χ2v) is 4.12. The molecule has 4 nitrogen and oxygen atoms in total. The number of nitrogens with zero attached hydrogens (tertiary/aromatic N) is 1. The molecule has 0 atom stereocenters. The van der Waals surface area contributed by atoms with Gasteiger partial charge in [0.05, 0.1) is 12.8 Å². The minimum atomic E-state index is -0.0614. The van der Waals surface area contributed by atoms with Crippen molar-refractivity contribution >= 4 is 5.78 Å². The van der Waals surface area contributed by atoms with Crippen LogP contribution in [0.25, 0.3) is 0 Å². The zero-order chi connectivity index (χ0) is 13.7. The Hall–Kier alpha value is -2.20. The maximum Gasteiger partial charge on any atom is 0.178 e. The fourth-order valence-corrected chi connectivity index (χ4v) is 1.65. The van der Waals surface area contributed by atoms with Gasteiger partial charge in [-0.25, -0.2) is 4.98 Å². The van der Waals surface area contributed by atoms with E-state index in [-0.39, 0.29) is 5.78 Å². The Morgan fingerprint density at radius 3 is 2.68 bits per heavy atom. The smallest absolute Gasteiger partial charge is 0.178 e. The van der Waals surface area contributed by atoms with Gasteiger partial charge in [0.15, 0.2) is 5.78 Å². The molecule has 0 saturated heterocycles. The standard InChI is InChI=1S/C15H15NO3/c1-11(17)15-7-6-14(9-16-15)19-13-5-3-4-12(8-13)10-18-2/h3-9H,10H2,1-2H3. The summed E-state index contributed by atoms with van der Waals surface area (Å²) < 4.78 is 10.7. The summed E-state index contributed by atoms with van der Waals surface area (Å²) in [6.45, 7) is 2.02. The van der Waals surface area contributed by atoms with Gasteiger partial charge in [0, 0.05) is 14.0 Å². The van der Waals surface area contributed by atoms with Gasteiger partial charge in [0.25, 0.3) is 0 Å². The first-order valence-corrected chi connectivity index (χ1v) is 5.92. The summed E-state index contributed by atoms with van der Waals surface area (Å²) in [5.74, 6) is 1.25. The Labute approximate surface area is 112 Å². The van der Waals surface area contributed by atoms with E-state index in [0.29, 0.717) is 23.8 Å². The third-order valence-corrected chi connectivity index (χ3v) is 2.54. The van der Waals surface area contributed by atoms with Gasteiger partial charge in [-0.3, -0.25) is 4.79 Å². The quantitative estimate of drug-likeness (QED) is 0.772. The van der Waals surface area contributed by atoms with Crippen LogP contribution in [0, 0.1) is 0 Å². The van der Waals surface area contributed by atoms with Gasteiger partial charge in [-0.05, 0) is 29.8 Å². The maximum absolute atomic E-state index is 11.1. The van der Waals surface area contributed by atoms with Gasteiger partial charge in [0.1, 0.15) is 17.2 Å². The molecule has 0 unspecified atom stereocenters. The van der Waals surface area contributed by atoms with Crippen LogP contribution in [0.2, 0.25) is 0 Å². The van der Waals surface area contributed by atoms with Crippen LogP contribution < -0.4 is 4.74 Å². The Morgan fingerprint density at radius 2 is 2.05 bits per heavy atom. The van der Waals surface area contributed by atoms with E-state index in [2.05, 4.69) is 4.98 Å². The number of rotatable bonds is 5. The largest absolute Gasteiger partial charge is 0.456 e. The molecule has 19 heavy (non-hydrogen) atoms. The number of ketones is 1. The molecule has 0 aliphatic heterocycles. The number of benzene rings is 1. The van der Waals surface area contributed by atoms with Crippen molar-refractivity contribution in [3.63, 3.8) is 0 Å². The van der Waals surface area contributed by atoms with E-state index in [1.807, 2.05) is 24.3 Å². The Morgan fingerprint density at radius 1 is 1.21 bits per heavy atom. The van der Waals surface area contributed by atoms with Crippen molar-refractivity contribution in [3.8, 4) is 11.5 Å². The summed E-state index contributed by atoms with van der Waals surface area (Å²) in [6.07, 6.45) is 1.54. The molecular formula is C15H15NO3. The van der Waals surface area contributed by atoms with Crippen LogP contribution in [-0.2, 0) is 11.3 Å². The molecule has 2 rings (SSSR count). The molecule has 0 fully saturated rings. The lowest BCUT2D eigenvalue weighted by Crippen LogP contribution is -1.96. The molecule has 1 aromatic heterocycles. The summed E-state index contributed by atoms with van der Waals surface area (Å²) in [6, 6.07) is 11.0. The molecule has 0 saturated carbocycles. The fraction of sp³-hybridized carbons (Fsp3) is 0.200. The third kappa shape index (κ3) is 3.63. The molecule has 0 aliphatic rings. The highest BCUT2D eigenvalue weighted by atomic mass is 16.5. The molecule has 2 aromatic rings. The summed E-state index contributed by atoms with van der Waals surface area (Å²) in [4.78, 5) is 15.1. The van der Waals surface area contributed by atoms with E-state index in [1.165, 1.54) is 6.92 Å². The lowest BCUT2D eigenvalue weighted by atomic mass is 10.2. The predicted molar refractivity (Wildman–Crippen MR) is 71.5 cm³/mol. The normalized spacial score (nSPS) is 10.2. The molecule has 1 heterocycles. The molecule has 0 spiro atoms. The van der Waals surface area contributed by atoms with Gasteiger partial charge >= 0.3 is 0 Å². The van der Waals surface area contributed by atoms with Gasteiger partial charge in [0.2, 0.25) is 0 Å². The minimum absolute atomic E-state index is 0.0614. The topological polar surface area (TPSA) is 48.4 Å². The molecule has 0 aliphatic carbocycles. The van der Waals surface area contributed by atoms with Crippen LogP contribution in [0.5, 0.6) is 11.5 Å².